The Morgan fingerprint density at radius 1 is 1.38 bits per heavy atom. The molecule has 0 aliphatic heterocycles. The Hall–Kier alpha value is -1.49. The van der Waals surface area contributed by atoms with E-state index in [2.05, 4.69) is 11.2 Å². The summed E-state index contributed by atoms with van der Waals surface area (Å²) < 4.78 is 2.26. The molecule has 5 heteroatoms. The number of carboxylic acids is 1. The zero-order valence-corrected chi connectivity index (χ0v) is 13.0. The molecule has 0 radical (unpaired) electrons. The first kappa shape index (κ1) is 14.4. The maximum Gasteiger partial charge on any atom is 0.337 e. The van der Waals surface area contributed by atoms with Crippen molar-refractivity contribution >= 4 is 28.8 Å². The Kier molecular flexibility index (Phi) is 3.93. The molecule has 1 N–H and O–H groups in total. The zero-order chi connectivity index (χ0) is 14.9. The highest BCUT2D eigenvalue weighted by molar-refractivity contribution is 8.00. The Balaban J connectivity index is 2.02. The molecule has 1 fully saturated rings. The van der Waals surface area contributed by atoms with Crippen molar-refractivity contribution in [1.82, 2.24) is 9.55 Å². The summed E-state index contributed by atoms with van der Waals surface area (Å²) in [5, 5.41) is 9.41. The van der Waals surface area contributed by atoms with Gasteiger partial charge in [0.05, 0.1) is 22.9 Å². The molecular formula is C16H20N2O2S. The molecule has 0 atom stereocenters. The number of nitrogens with zero attached hydrogens (tertiary/aromatic N) is 2. The van der Waals surface area contributed by atoms with Crippen LogP contribution in [0.3, 0.4) is 0 Å². The lowest BCUT2D eigenvalue weighted by Gasteiger charge is -2.36. The number of rotatable bonds is 4. The average molecular weight is 304 g/mol. The van der Waals surface area contributed by atoms with Crippen molar-refractivity contribution in [1.29, 1.82) is 0 Å². The molecule has 3 rings (SSSR count). The van der Waals surface area contributed by atoms with Crippen LogP contribution < -0.4 is 0 Å². The Labute approximate surface area is 128 Å². The van der Waals surface area contributed by atoms with Gasteiger partial charge in [0.2, 0.25) is 0 Å². The van der Waals surface area contributed by atoms with Crippen molar-refractivity contribution in [2.24, 2.45) is 0 Å². The molecule has 1 saturated carbocycles. The number of carbonyl (C=O) groups is 1. The van der Waals surface area contributed by atoms with Crippen molar-refractivity contribution in [2.75, 3.05) is 6.26 Å². The van der Waals surface area contributed by atoms with Gasteiger partial charge in [-0.1, -0.05) is 25.3 Å². The minimum Gasteiger partial charge on any atom is -0.478 e. The quantitative estimate of drug-likeness (QED) is 0.933. The number of thioether (sulfide) groups is 1. The van der Waals surface area contributed by atoms with Crippen LogP contribution in [0, 0.1) is 0 Å². The monoisotopic (exact) mass is 304 g/mol. The topological polar surface area (TPSA) is 55.1 Å². The lowest BCUT2D eigenvalue weighted by atomic mass is 9.88. The van der Waals surface area contributed by atoms with E-state index in [0.717, 1.165) is 17.6 Å². The summed E-state index contributed by atoms with van der Waals surface area (Å²) in [6.07, 6.45) is 10.2. The summed E-state index contributed by atoms with van der Waals surface area (Å²) in [6.45, 7) is 0.842. The number of fused-ring (bicyclic) bond motifs is 1. The summed E-state index contributed by atoms with van der Waals surface area (Å²) >= 11 is 1.92. The molecule has 0 amide bonds. The van der Waals surface area contributed by atoms with Crippen molar-refractivity contribution in [2.45, 2.75) is 43.4 Å². The highest BCUT2D eigenvalue weighted by Crippen LogP contribution is 2.40. The van der Waals surface area contributed by atoms with Gasteiger partial charge in [-0.3, -0.25) is 0 Å². The Morgan fingerprint density at radius 2 is 2.14 bits per heavy atom. The number of aromatic nitrogens is 2. The molecule has 2 aromatic rings. The number of imidazole rings is 1. The molecule has 1 aromatic heterocycles. The number of hydrogen-bond acceptors (Lipinski definition) is 3. The highest BCUT2D eigenvalue weighted by Gasteiger charge is 2.32. The van der Waals surface area contributed by atoms with Gasteiger partial charge in [0.1, 0.15) is 0 Å². The second kappa shape index (κ2) is 5.72. The van der Waals surface area contributed by atoms with E-state index in [-0.39, 0.29) is 4.75 Å². The number of carboxylic acid groups (broad SMARTS) is 1. The largest absolute Gasteiger partial charge is 0.478 e. The predicted octanol–water partition coefficient (Wildman–Crippen LogP) is 3.80. The van der Waals surface area contributed by atoms with Crippen LogP contribution in [0.15, 0.2) is 24.5 Å². The van der Waals surface area contributed by atoms with Crippen molar-refractivity contribution in [3.05, 3.63) is 30.1 Å². The number of benzene rings is 1. The minimum absolute atomic E-state index is 0.220. The second-order valence-corrected chi connectivity index (χ2v) is 7.07. The van der Waals surface area contributed by atoms with E-state index in [9.17, 15) is 9.90 Å². The van der Waals surface area contributed by atoms with Crippen LogP contribution in [-0.2, 0) is 6.54 Å². The first-order valence-corrected chi connectivity index (χ1v) is 8.60. The fourth-order valence-corrected chi connectivity index (χ4v) is 4.32. The lowest BCUT2D eigenvalue weighted by Crippen LogP contribution is -2.32. The van der Waals surface area contributed by atoms with Crippen LogP contribution in [0.4, 0.5) is 0 Å². The maximum absolute atomic E-state index is 11.5. The molecule has 4 nitrogen and oxygen atoms in total. The minimum atomic E-state index is -0.885. The summed E-state index contributed by atoms with van der Waals surface area (Å²) in [6, 6.07) is 5.30. The van der Waals surface area contributed by atoms with Gasteiger partial charge in [-0.15, -0.1) is 0 Å². The van der Waals surface area contributed by atoms with E-state index in [1.54, 1.807) is 18.5 Å². The third kappa shape index (κ3) is 2.67. The van der Waals surface area contributed by atoms with E-state index in [1.807, 2.05) is 22.4 Å². The van der Waals surface area contributed by atoms with E-state index in [4.69, 9.17) is 0 Å². The normalized spacial score (nSPS) is 18.0. The van der Waals surface area contributed by atoms with Crippen LogP contribution in [0.25, 0.3) is 11.0 Å². The van der Waals surface area contributed by atoms with E-state index in [0.29, 0.717) is 5.56 Å². The molecule has 112 valence electrons. The first-order valence-electron chi connectivity index (χ1n) is 7.37. The third-order valence-corrected chi connectivity index (χ3v) is 5.93. The van der Waals surface area contributed by atoms with Crippen LogP contribution in [0.1, 0.15) is 42.5 Å². The van der Waals surface area contributed by atoms with Gasteiger partial charge in [0.15, 0.2) is 0 Å². The number of para-hydroxylation sites is 1. The van der Waals surface area contributed by atoms with Crippen LogP contribution in [-0.4, -0.2) is 31.6 Å². The average Bonchev–Trinajstić information content (AvgIpc) is 2.91. The molecule has 1 aliphatic carbocycles. The molecule has 1 aromatic carbocycles. The Bertz CT molecular complexity index is 659. The van der Waals surface area contributed by atoms with E-state index in [1.165, 1.54) is 32.1 Å². The van der Waals surface area contributed by atoms with Crippen LogP contribution in [0.5, 0.6) is 0 Å². The standard InChI is InChI=1S/C16H20N2O2S/c1-21-16(8-3-2-4-9-16)10-18-11-17-13-7-5-6-12(14(13)18)15(19)20/h5-7,11H,2-4,8-10H2,1H3,(H,19,20). The third-order valence-electron chi connectivity index (χ3n) is 4.52. The Morgan fingerprint density at radius 3 is 2.81 bits per heavy atom. The van der Waals surface area contributed by atoms with Crippen LogP contribution in [0.2, 0.25) is 0 Å². The fourth-order valence-electron chi connectivity index (χ4n) is 3.35. The molecular weight excluding hydrogens is 284 g/mol. The zero-order valence-electron chi connectivity index (χ0n) is 12.2. The van der Waals surface area contributed by atoms with Gasteiger partial charge in [0.25, 0.3) is 0 Å². The van der Waals surface area contributed by atoms with Gasteiger partial charge in [-0.05, 0) is 31.2 Å². The van der Waals surface area contributed by atoms with Crippen molar-refractivity contribution < 1.29 is 9.90 Å². The number of hydrogen-bond donors (Lipinski definition) is 1. The molecule has 1 aliphatic rings. The van der Waals surface area contributed by atoms with Crippen molar-refractivity contribution in [3.8, 4) is 0 Å². The summed E-state index contributed by atoms with van der Waals surface area (Å²) in [4.78, 5) is 15.8. The molecule has 0 unspecified atom stereocenters. The second-order valence-electron chi connectivity index (χ2n) is 5.80. The van der Waals surface area contributed by atoms with Crippen LogP contribution >= 0.6 is 11.8 Å². The van der Waals surface area contributed by atoms with E-state index < -0.39 is 5.97 Å². The molecule has 0 spiro atoms. The summed E-state index contributed by atoms with van der Waals surface area (Å²) in [7, 11) is 0. The molecule has 21 heavy (non-hydrogen) atoms. The highest BCUT2D eigenvalue weighted by atomic mass is 32.2. The molecule has 0 saturated heterocycles. The summed E-state index contributed by atoms with van der Waals surface area (Å²) in [5.41, 5.74) is 1.86. The van der Waals surface area contributed by atoms with Crippen molar-refractivity contribution in [3.63, 3.8) is 0 Å². The van der Waals surface area contributed by atoms with Gasteiger partial charge < -0.3 is 9.67 Å². The maximum atomic E-state index is 11.5. The van der Waals surface area contributed by atoms with Gasteiger partial charge in [-0.25, -0.2) is 9.78 Å². The lowest BCUT2D eigenvalue weighted by molar-refractivity contribution is 0.0698. The first-order chi connectivity index (χ1) is 10.2. The molecule has 0 bridgehead atoms. The smallest absolute Gasteiger partial charge is 0.337 e. The fraction of sp³-hybridized carbons (Fsp3) is 0.500. The van der Waals surface area contributed by atoms with Gasteiger partial charge in [-0.2, -0.15) is 11.8 Å². The predicted molar refractivity (Wildman–Crippen MR) is 86.0 cm³/mol. The van der Waals surface area contributed by atoms with E-state index >= 15 is 0 Å². The molecule has 1 heterocycles. The van der Waals surface area contributed by atoms with Gasteiger partial charge >= 0.3 is 5.97 Å². The summed E-state index contributed by atoms with van der Waals surface area (Å²) in [5.74, 6) is -0.885. The SMILES string of the molecule is CSC1(Cn2cnc3cccc(C(=O)O)c32)CCCCC1. The van der Waals surface area contributed by atoms with Gasteiger partial charge in [0, 0.05) is 11.3 Å². The number of aromatic carboxylic acids is 1.